The highest BCUT2D eigenvalue weighted by molar-refractivity contribution is 5.13. The molecule has 3 atom stereocenters. The average Bonchev–Trinajstić information content (AvgIpc) is 2.65. The zero-order chi connectivity index (χ0) is 13.0. The lowest BCUT2D eigenvalue weighted by molar-refractivity contribution is 0.228. The van der Waals surface area contributed by atoms with Gasteiger partial charge in [-0.2, -0.15) is 0 Å². The van der Waals surface area contributed by atoms with E-state index in [9.17, 15) is 0 Å². The molecule has 3 unspecified atom stereocenters. The van der Waals surface area contributed by atoms with Gasteiger partial charge in [0, 0.05) is 11.6 Å². The minimum atomic E-state index is 0.192. The fourth-order valence-electron chi connectivity index (χ4n) is 4.31. The quantitative estimate of drug-likeness (QED) is 0.690. The van der Waals surface area contributed by atoms with Gasteiger partial charge in [0.15, 0.2) is 0 Å². The second-order valence-corrected chi connectivity index (χ2v) is 5.97. The van der Waals surface area contributed by atoms with Crippen molar-refractivity contribution < 1.29 is 0 Å². The lowest BCUT2D eigenvalue weighted by atomic mass is 9.70. The maximum absolute atomic E-state index is 3.97. The van der Waals surface area contributed by atoms with Crippen LogP contribution in [0.1, 0.15) is 44.9 Å². The van der Waals surface area contributed by atoms with E-state index in [-0.39, 0.29) is 5.54 Å². The van der Waals surface area contributed by atoms with E-state index in [4.69, 9.17) is 0 Å². The first-order valence-corrected chi connectivity index (χ1v) is 7.38. The van der Waals surface area contributed by atoms with Gasteiger partial charge in [-0.3, -0.25) is 0 Å². The van der Waals surface area contributed by atoms with E-state index in [2.05, 4.69) is 43.3 Å². The summed E-state index contributed by atoms with van der Waals surface area (Å²) in [6.07, 6.45) is 15.0. The molecule has 0 aromatic rings. The van der Waals surface area contributed by atoms with Crippen LogP contribution in [0.3, 0.4) is 0 Å². The lowest BCUT2D eigenvalue weighted by Gasteiger charge is -2.35. The Kier molecular flexibility index (Phi) is 4.45. The van der Waals surface area contributed by atoms with Gasteiger partial charge in [0.2, 0.25) is 0 Å². The maximum Gasteiger partial charge on any atom is 0.0287 e. The van der Waals surface area contributed by atoms with Crippen LogP contribution in [0.5, 0.6) is 0 Å². The fraction of sp³-hybridized carbons (Fsp3) is 0.647. The fourth-order valence-corrected chi connectivity index (χ4v) is 4.31. The summed E-state index contributed by atoms with van der Waals surface area (Å²) in [6.45, 7) is 11.9. The molecule has 2 fully saturated rings. The number of allylic oxidation sites excluding steroid dienone is 1. The molecule has 1 aliphatic heterocycles. The van der Waals surface area contributed by atoms with Crippen molar-refractivity contribution in [1.82, 2.24) is 5.32 Å². The summed E-state index contributed by atoms with van der Waals surface area (Å²) < 4.78 is 0. The molecule has 0 bridgehead atoms. The van der Waals surface area contributed by atoms with Crippen LogP contribution in [0.2, 0.25) is 0 Å². The molecule has 0 aromatic heterocycles. The predicted octanol–water partition coefficient (Wildman–Crippen LogP) is 4.23. The minimum absolute atomic E-state index is 0.192. The lowest BCUT2D eigenvalue weighted by Crippen LogP contribution is -2.46. The van der Waals surface area contributed by atoms with Gasteiger partial charge in [-0.1, -0.05) is 31.1 Å². The highest BCUT2D eigenvalue weighted by Gasteiger charge is 2.50. The smallest absolute Gasteiger partial charge is 0.0287 e. The third-order valence-electron chi connectivity index (χ3n) is 4.96. The molecular weight excluding hydrogens is 218 g/mol. The molecule has 0 spiro atoms. The zero-order valence-electron chi connectivity index (χ0n) is 11.5. The first-order valence-electron chi connectivity index (χ1n) is 7.38. The molecule has 0 aromatic carbocycles. The normalized spacial score (nSPS) is 33.7. The van der Waals surface area contributed by atoms with Crippen LogP contribution < -0.4 is 5.32 Å². The number of rotatable bonds is 6. The monoisotopic (exact) mass is 245 g/mol. The Morgan fingerprint density at radius 2 is 1.67 bits per heavy atom. The maximum atomic E-state index is 3.97. The zero-order valence-corrected chi connectivity index (χ0v) is 11.5. The Labute approximate surface area is 112 Å². The minimum Gasteiger partial charge on any atom is -0.307 e. The topological polar surface area (TPSA) is 12.0 Å². The second kappa shape index (κ2) is 5.88. The van der Waals surface area contributed by atoms with E-state index in [1.54, 1.807) is 0 Å². The van der Waals surface area contributed by atoms with Gasteiger partial charge in [-0.05, 0) is 43.9 Å². The van der Waals surface area contributed by atoms with E-state index < -0.39 is 0 Å². The van der Waals surface area contributed by atoms with Gasteiger partial charge in [-0.15, -0.1) is 19.7 Å². The Balaban J connectivity index is 2.26. The highest BCUT2D eigenvalue weighted by Crippen LogP contribution is 2.47. The van der Waals surface area contributed by atoms with Crippen LogP contribution in [0.4, 0.5) is 0 Å². The molecule has 1 saturated heterocycles. The number of hydrogen-bond donors (Lipinski definition) is 1. The van der Waals surface area contributed by atoms with Crippen molar-refractivity contribution in [2.45, 2.75) is 56.5 Å². The molecular formula is C17H27N. The predicted molar refractivity (Wildman–Crippen MR) is 79.5 cm³/mol. The van der Waals surface area contributed by atoms with E-state index in [1.165, 1.54) is 25.7 Å². The molecule has 0 amide bonds. The summed E-state index contributed by atoms with van der Waals surface area (Å²) in [4.78, 5) is 0. The van der Waals surface area contributed by atoms with Crippen molar-refractivity contribution in [1.29, 1.82) is 0 Å². The molecule has 1 aliphatic carbocycles. The molecule has 18 heavy (non-hydrogen) atoms. The van der Waals surface area contributed by atoms with Gasteiger partial charge in [0.1, 0.15) is 0 Å². The number of hydrogen-bond acceptors (Lipinski definition) is 1. The van der Waals surface area contributed by atoms with Crippen LogP contribution in [0.15, 0.2) is 38.0 Å². The Morgan fingerprint density at radius 1 is 1.00 bits per heavy atom. The third-order valence-corrected chi connectivity index (χ3v) is 4.96. The highest BCUT2D eigenvalue weighted by atomic mass is 15.1. The molecule has 2 aliphatic rings. The SMILES string of the molecule is C=CCC1C2CCCCC2NC1(CC=C)CC=C. The van der Waals surface area contributed by atoms with E-state index >= 15 is 0 Å². The molecule has 1 saturated carbocycles. The van der Waals surface area contributed by atoms with Crippen molar-refractivity contribution in [3.63, 3.8) is 0 Å². The first-order chi connectivity index (χ1) is 8.77. The Morgan fingerprint density at radius 3 is 2.28 bits per heavy atom. The van der Waals surface area contributed by atoms with Crippen molar-refractivity contribution in [3.8, 4) is 0 Å². The van der Waals surface area contributed by atoms with Crippen molar-refractivity contribution in [2.75, 3.05) is 0 Å². The molecule has 1 heterocycles. The third kappa shape index (κ3) is 2.33. The molecule has 1 heteroatoms. The average molecular weight is 245 g/mol. The van der Waals surface area contributed by atoms with Crippen molar-refractivity contribution in [2.24, 2.45) is 11.8 Å². The van der Waals surface area contributed by atoms with Crippen molar-refractivity contribution >= 4 is 0 Å². The van der Waals surface area contributed by atoms with Gasteiger partial charge in [0.25, 0.3) is 0 Å². The Bertz CT molecular complexity index is 308. The molecule has 1 nitrogen and oxygen atoms in total. The van der Waals surface area contributed by atoms with Crippen LogP contribution in [-0.2, 0) is 0 Å². The van der Waals surface area contributed by atoms with E-state index in [0.29, 0.717) is 12.0 Å². The largest absolute Gasteiger partial charge is 0.307 e. The molecule has 100 valence electrons. The summed E-state index contributed by atoms with van der Waals surface area (Å²) in [5, 5.41) is 3.95. The van der Waals surface area contributed by atoms with Gasteiger partial charge < -0.3 is 5.32 Å². The molecule has 0 radical (unpaired) electrons. The first kappa shape index (κ1) is 13.6. The summed E-state index contributed by atoms with van der Waals surface area (Å²) in [7, 11) is 0. The summed E-state index contributed by atoms with van der Waals surface area (Å²) in [5.41, 5.74) is 0.192. The van der Waals surface area contributed by atoms with E-state index in [0.717, 1.165) is 25.2 Å². The Hall–Kier alpha value is -0.820. The summed E-state index contributed by atoms with van der Waals surface area (Å²) in [6, 6.07) is 0.712. The number of nitrogens with one attached hydrogen (secondary N) is 1. The van der Waals surface area contributed by atoms with Gasteiger partial charge in [-0.25, -0.2) is 0 Å². The van der Waals surface area contributed by atoms with Gasteiger partial charge >= 0.3 is 0 Å². The van der Waals surface area contributed by atoms with Crippen LogP contribution in [0, 0.1) is 11.8 Å². The molecule has 2 rings (SSSR count). The second-order valence-electron chi connectivity index (χ2n) is 5.97. The summed E-state index contributed by atoms with van der Waals surface area (Å²) in [5.74, 6) is 1.54. The summed E-state index contributed by atoms with van der Waals surface area (Å²) >= 11 is 0. The van der Waals surface area contributed by atoms with Crippen LogP contribution >= 0.6 is 0 Å². The van der Waals surface area contributed by atoms with Gasteiger partial charge in [0.05, 0.1) is 0 Å². The number of fused-ring (bicyclic) bond motifs is 1. The van der Waals surface area contributed by atoms with Crippen LogP contribution in [-0.4, -0.2) is 11.6 Å². The standard InChI is InChI=1S/C17H27N/c1-4-9-15-14-10-7-8-11-16(14)18-17(15,12-5-2)13-6-3/h4-6,14-16,18H,1-3,7-13H2. The van der Waals surface area contributed by atoms with Crippen molar-refractivity contribution in [3.05, 3.63) is 38.0 Å². The van der Waals surface area contributed by atoms with Crippen LogP contribution in [0.25, 0.3) is 0 Å². The van der Waals surface area contributed by atoms with E-state index in [1.807, 2.05) is 0 Å². The molecule has 1 N–H and O–H groups in total.